The van der Waals surface area contributed by atoms with Gasteiger partial charge in [0.25, 0.3) is 5.91 Å². The highest BCUT2D eigenvalue weighted by Gasteiger charge is 2.28. The van der Waals surface area contributed by atoms with Crippen LogP contribution >= 0.6 is 34.5 Å². The topological polar surface area (TPSA) is 52.7 Å². The number of amides is 2. The van der Waals surface area contributed by atoms with Crippen LogP contribution < -0.4 is 5.32 Å². The van der Waals surface area contributed by atoms with Gasteiger partial charge in [0.15, 0.2) is 0 Å². The Bertz CT molecular complexity index is 769. The van der Waals surface area contributed by atoms with Crippen LogP contribution in [0.4, 0.5) is 5.69 Å². The van der Waals surface area contributed by atoms with Crippen molar-refractivity contribution in [3.63, 3.8) is 0 Å². The molecule has 2 heterocycles. The second kappa shape index (κ2) is 8.39. The van der Waals surface area contributed by atoms with Gasteiger partial charge >= 0.3 is 0 Å². The zero-order valence-corrected chi connectivity index (χ0v) is 16.6. The molecule has 1 aliphatic rings. The summed E-state index contributed by atoms with van der Waals surface area (Å²) in [5.74, 6) is -0.0632. The van der Waals surface area contributed by atoms with Crippen LogP contribution in [0.3, 0.4) is 0 Å². The second-order valence-electron chi connectivity index (χ2n) is 6.13. The number of nitrogens with one attached hydrogen (secondary N) is 1. The summed E-state index contributed by atoms with van der Waals surface area (Å²) in [4.78, 5) is 29.6. The van der Waals surface area contributed by atoms with Crippen LogP contribution in [0, 0.1) is 0 Å². The molecular weight excluding hydrogens is 393 g/mol. The highest BCUT2D eigenvalue weighted by atomic mass is 35.5. The molecule has 8 heteroatoms. The molecule has 0 aliphatic carbocycles. The fraction of sp³-hybridized carbons (Fsp3) is 0.333. The van der Waals surface area contributed by atoms with Crippen molar-refractivity contribution in [3.05, 3.63) is 50.6 Å². The first-order valence-corrected chi connectivity index (χ1v) is 9.91. The summed E-state index contributed by atoms with van der Waals surface area (Å²) in [5, 5.41) is 5.70. The lowest BCUT2D eigenvalue weighted by atomic mass is 10.2. The van der Waals surface area contributed by atoms with E-state index < -0.39 is 0 Å². The lowest BCUT2D eigenvalue weighted by Gasteiger charge is -2.37. The number of anilines is 1. The van der Waals surface area contributed by atoms with E-state index in [-0.39, 0.29) is 17.9 Å². The van der Waals surface area contributed by atoms with Gasteiger partial charge < -0.3 is 10.2 Å². The predicted octanol–water partition coefficient (Wildman–Crippen LogP) is 3.84. The Balaban J connectivity index is 1.55. The second-order valence-corrected chi connectivity index (χ2v) is 7.95. The van der Waals surface area contributed by atoms with Gasteiger partial charge in [0.1, 0.15) is 0 Å². The molecule has 1 aliphatic heterocycles. The molecule has 3 rings (SSSR count). The fourth-order valence-electron chi connectivity index (χ4n) is 2.91. The molecule has 1 fully saturated rings. The third-order valence-electron chi connectivity index (χ3n) is 4.39. The van der Waals surface area contributed by atoms with Crippen LogP contribution in [0.2, 0.25) is 10.0 Å². The van der Waals surface area contributed by atoms with Gasteiger partial charge in [-0.3, -0.25) is 14.5 Å². The Labute approximate surface area is 166 Å². The Morgan fingerprint density at radius 2 is 1.77 bits per heavy atom. The van der Waals surface area contributed by atoms with Gasteiger partial charge in [-0.1, -0.05) is 29.3 Å². The molecule has 5 nitrogen and oxygen atoms in total. The Hall–Kier alpha value is -1.60. The summed E-state index contributed by atoms with van der Waals surface area (Å²) in [5.41, 5.74) is 0.575. The molecule has 2 amide bonds. The summed E-state index contributed by atoms with van der Waals surface area (Å²) in [6.07, 6.45) is 0. The summed E-state index contributed by atoms with van der Waals surface area (Å²) in [6, 6.07) is 8.35. The molecule has 1 atom stereocenters. The van der Waals surface area contributed by atoms with E-state index in [0.717, 1.165) is 4.88 Å². The fourth-order valence-corrected chi connectivity index (χ4v) is 4.12. The molecule has 1 saturated heterocycles. The predicted molar refractivity (Wildman–Crippen MR) is 106 cm³/mol. The molecule has 0 spiro atoms. The van der Waals surface area contributed by atoms with Gasteiger partial charge in [-0.15, -0.1) is 11.3 Å². The summed E-state index contributed by atoms with van der Waals surface area (Å²) < 4.78 is 0. The van der Waals surface area contributed by atoms with Crippen molar-refractivity contribution in [2.75, 3.05) is 31.5 Å². The van der Waals surface area contributed by atoms with Crippen molar-refractivity contribution in [1.29, 1.82) is 0 Å². The Morgan fingerprint density at radius 1 is 1.12 bits per heavy atom. The highest BCUT2D eigenvalue weighted by molar-refractivity contribution is 7.12. The molecule has 0 radical (unpaired) electrons. The van der Waals surface area contributed by atoms with E-state index >= 15 is 0 Å². The van der Waals surface area contributed by atoms with Gasteiger partial charge in [-0.2, -0.15) is 0 Å². The van der Waals surface area contributed by atoms with Crippen LogP contribution in [0.15, 0.2) is 35.7 Å². The molecule has 138 valence electrons. The Morgan fingerprint density at radius 3 is 2.35 bits per heavy atom. The minimum atomic E-state index is -0.313. The number of carbonyl (C=O) groups is 2. The van der Waals surface area contributed by atoms with Crippen molar-refractivity contribution < 1.29 is 9.59 Å². The molecule has 1 aromatic carbocycles. The molecule has 2 aromatic rings. The average Bonchev–Trinajstić information content (AvgIpc) is 3.14. The van der Waals surface area contributed by atoms with Crippen molar-refractivity contribution in [2.24, 2.45) is 0 Å². The zero-order valence-electron chi connectivity index (χ0n) is 14.2. The van der Waals surface area contributed by atoms with Crippen LogP contribution in [-0.4, -0.2) is 53.8 Å². The quantitative estimate of drug-likeness (QED) is 0.831. The summed E-state index contributed by atoms with van der Waals surface area (Å²) >= 11 is 13.4. The number of benzene rings is 1. The van der Waals surface area contributed by atoms with E-state index in [1.165, 1.54) is 11.3 Å². The van der Waals surface area contributed by atoms with Gasteiger partial charge in [0.05, 0.1) is 10.9 Å². The third kappa shape index (κ3) is 4.57. The molecule has 0 bridgehead atoms. The number of piperazine rings is 1. The summed E-state index contributed by atoms with van der Waals surface area (Å²) in [7, 11) is 0. The largest absolute Gasteiger partial charge is 0.335 e. The minimum absolute atomic E-state index is 0.0605. The van der Waals surface area contributed by atoms with Gasteiger partial charge in [-0.25, -0.2) is 0 Å². The molecule has 26 heavy (non-hydrogen) atoms. The van der Waals surface area contributed by atoms with E-state index in [4.69, 9.17) is 23.2 Å². The standard InChI is InChI=1S/C18H19Cl2N3O2S/c1-12(17(24)21-15-10-13(19)9-14(20)11-15)22-4-6-23(7-5-22)18(25)16-3-2-8-26-16/h2-3,8-12H,4-7H2,1H3,(H,21,24)/t12-/m1/s1. The molecular formula is C18H19Cl2N3O2S. The molecule has 0 unspecified atom stereocenters. The van der Waals surface area contributed by atoms with Gasteiger partial charge in [-0.05, 0) is 36.6 Å². The first-order valence-electron chi connectivity index (χ1n) is 8.28. The van der Waals surface area contributed by atoms with Crippen molar-refractivity contribution in [3.8, 4) is 0 Å². The van der Waals surface area contributed by atoms with E-state index in [0.29, 0.717) is 41.9 Å². The SMILES string of the molecule is C[C@H](C(=O)Nc1cc(Cl)cc(Cl)c1)N1CCN(C(=O)c2cccs2)CC1. The first-order chi connectivity index (χ1) is 12.4. The monoisotopic (exact) mass is 411 g/mol. The van der Waals surface area contributed by atoms with Crippen LogP contribution in [0.1, 0.15) is 16.6 Å². The van der Waals surface area contributed by atoms with Crippen molar-refractivity contribution in [1.82, 2.24) is 9.80 Å². The van der Waals surface area contributed by atoms with Crippen LogP contribution in [-0.2, 0) is 4.79 Å². The van der Waals surface area contributed by atoms with Gasteiger partial charge in [0, 0.05) is 41.9 Å². The Kier molecular flexibility index (Phi) is 6.19. The third-order valence-corrected chi connectivity index (χ3v) is 5.68. The first kappa shape index (κ1) is 19.2. The average molecular weight is 412 g/mol. The van der Waals surface area contributed by atoms with Gasteiger partial charge in [0.2, 0.25) is 5.91 Å². The number of hydrogen-bond acceptors (Lipinski definition) is 4. The van der Waals surface area contributed by atoms with Crippen molar-refractivity contribution >= 4 is 52.0 Å². The number of hydrogen-bond donors (Lipinski definition) is 1. The lowest BCUT2D eigenvalue weighted by Crippen LogP contribution is -2.53. The van der Waals surface area contributed by atoms with E-state index in [2.05, 4.69) is 10.2 Å². The maximum Gasteiger partial charge on any atom is 0.264 e. The number of thiophene rings is 1. The lowest BCUT2D eigenvalue weighted by molar-refractivity contribution is -0.121. The maximum atomic E-state index is 12.5. The normalized spacial score (nSPS) is 16.3. The number of rotatable bonds is 4. The van der Waals surface area contributed by atoms with Crippen LogP contribution in [0.5, 0.6) is 0 Å². The molecule has 1 N–H and O–H groups in total. The smallest absolute Gasteiger partial charge is 0.264 e. The van der Waals surface area contributed by atoms with Crippen LogP contribution in [0.25, 0.3) is 0 Å². The number of nitrogens with zero attached hydrogens (tertiary/aromatic N) is 2. The maximum absolute atomic E-state index is 12.5. The van der Waals surface area contributed by atoms with Crippen molar-refractivity contribution in [2.45, 2.75) is 13.0 Å². The molecule has 0 saturated carbocycles. The zero-order chi connectivity index (χ0) is 18.7. The highest BCUT2D eigenvalue weighted by Crippen LogP contribution is 2.23. The van der Waals surface area contributed by atoms with E-state index in [9.17, 15) is 9.59 Å². The number of halogens is 2. The van der Waals surface area contributed by atoms with E-state index in [1.807, 2.05) is 29.3 Å². The minimum Gasteiger partial charge on any atom is -0.335 e. The summed E-state index contributed by atoms with van der Waals surface area (Å²) in [6.45, 7) is 4.39. The number of carbonyl (C=O) groups excluding carboxylic acids is 2. The van der Waals surface area contributed by atoms with E-state index in [1.54, 1.807) is 18.2 Å². The molecule has 1 aromatic heterocycles.